The van der Waals surface area contributed by atoms with E-state index in [-0.39, 0.29) is 5.41 Å². The molecule has 0 amide bonds. The Morgan fingerprint density at radius 2 is 0.750 bits per heavy atom. The molecule has 64 heavy (non-hydrogen) atoms. The highest BCUT2D eigenvalue weighted by molar-refractivity contribution is 7.91. The molecule has 8 rings (SSSR count). The van der Waals surface area contributed by atoms with Crippen LogP contribution in [0.25, 0.3) is 0 Å². The van der Waals surface area contributed by atoms with Gasteiger partial charge in [-0.3, -0.25) is 0 Å². The summed E-state index contributed by atoms with van der Waals surface area (Å²) >= 11 is 0. The Morgan fingerprint density at radius 1 is 0.438 bits per heavy atom. The molecule has 0 fully saturated rings. The molecule has 9 heteroatoms. The lowest BCUT2D eigenvalue weighted by molar-refractivity contribution is 0.481. The van der Waals surface area contributed by atoms with Gasteiger partial charge in [0.1, 0.15) is 35.7 Å². The zero-order chi connectivity index (χ0) is 45.1. The van der Waals surface area contributed by atoms with Gasteiger partial charge in [-0.1, -0.05) is 100 Å². The molecule has 324 valence electrons. The van der Waals surface area contributed by atoms with E-state index in [4.69, 9.17) is 9.47 Å². The molecule has 2 heterocycles. The monoisotopic (exact) mass is 866 g/mol. The summed E-state index contributed by atoms with van der Waals surface area (Å²) in [7, 11) is -3.49. The highest BCUT2D eigenvalue weighted by Crippen LogP contribution is 2.35. The molecule has 6 aromatic carbocycles. The van der Waals surface area contributed by atoms with Crippen LogP contribution in [-0.2, 0) is 40.9 Å². The van der Waals surface area contributed by atoms with Crippen LogP contribution >= 0.6 is 0 Å². The van der Waals surface area contributed by atoms with Crippen LogP contribution in [0.2, 0.25) is 0 Å². The minimum Gasteiger partial charge on any atom is -0.457 e. The summed E-state index contributed by atoms with van der Waals surface area (Å²) in [4.78, 5) is 17.5. The molecule has 2 aromatic heterocycles. The molecule has 0 saturated heterocycles. The van der Waals surface area contributed by atoms with Gasteiger partial charge in [0.25, 0.3) is 0 Å². The van der Waals surface area contributed by atoms with E-state index in [9.17, 15) is 8.42 Å². The third kappa shape index (κ3) is 11.7. The molecule has 8 aromatic rings. The first kappa shape index (κ1) is 45.1. The number of nitrogens with zero attached hydrogens (tertiary/aromatic N) is 4. The van der Waals surface area contributed by atoms with E-state index in [0.29, 0.717) is 16.2 Å². The van der Waals surface area contributed by atoms with E-state index >= 15 is 0 Å². The van der Waals surface area contributed by atoms with Crippen molar-refractivity contribution in [2.24, 2.45) is 0 Å². The van der Waals surface area contributed by atoms with Gasteiger partial charge in [-0.05, 0) is 145 Å². The Balaban J connectivity index is 0.000000211. The van der Waals surface area contributed by atoms with Crippen LogP contribution in [0, 0.1) is 13.8 Å². The average Bonchev–Trinajstić information content (AvgIpc) is 3.31. The molecule has 0 spiro atoms. The Bertz CT molecular complexity index is 2860. The molecule has 0 bridgehead atoms. The topological polar surface area (TPSA) is 104 Å². The summed E-state index contributed by atoms with van der Waals surface area (Å²) in [5, 5.41) is 0. The van der Waals surface area contributed by atoms with Gasteiger partial charge in [-0.2, -0.15) is 0 Å². The van der Waals surface area contributed by atoms with Crippen LogP contribution in [0.5, 0.6) is 23.0 Å². The molecule has 0 aliphatic carbocycles. The first-order valence-corrected chi connectivity index (χ1v) is 23.1. The molecule has 8 nitrogen and oxygen atoms in total. The number of sulfone groups is 1. The van der Waals surface area contributed by atoms with Gasteiger partial charge < -0.3 is 9.47 Å². The summed E-state index contributed by atoms with van der Waals surface area (Å²) in [5.74, 6) is 3.31. The van der Waals surface area contributed by atoms with Crippen molar-refractivity contribution >= 4 is 9.84 Å². The maximum absolute atomic E-state index is 12.7. The van der Waals surface area contributed by atoms with Gasteiger partial charge >= 0.3 is 0 Å². The molecule has 0 aliphatic rings. The number of aryl methyl sites for hydroxylation is 4. The first-order chi connectivity index (χ1) is 30.9. The Kier molecular flexibility index (Phi) is 14.4. The van der Waals surface area contributed by atoms with Crippen molar-refractivity contribution in [3.05, 3.63) is 227 Å². The normalized spacial score (nSPS) is 11.3. The van der Waals surface area contributed by atoms with Gasteiger partial charge in [0.05, 0.1) is 9.79 Å². The third-order valence-electron chi connectivity index (χ3n) is 11.2. The van der Waals surface area contributed by atoms with Gasteiger partial charge in [0, 0.05) is 41.0 Å². The zero-order valence-electron chi connectivity index (χ0n) is 37.3. The van der Waals surface area contributed by atoms with E-state index < -0.39 is 9.84 Å². The number of benzene rings is 6. The van der Waals surface area contributed by atoms with E-state index in [1.54, 1.807) is 36.9 Å². The standard InChI is InChI=1S/C35H34N2O2.C20H20N2O2S/c1-5-26-6-14-31(15-7-26)38-33-18-10-28(11-19-33)35(3,4)29-12-20-34(21-13-29)39-32-16-8-27(9-17-32)23-30-22-25(2)36-24-37-30;1-3-16-4-8-19(9-5-16)25(23,24)20-10-6-17(7-11-20)13-18-12-15(2)21-14-22-18/h6-22,24H,5,23H2,1-4H3;4-12,14H,3,13H2,1-2H3. The fourth-order valence-electron chi connectivity index (χ4n) is 7.24. The number of hydrogen-bond donors (Lipinski definition) is 0. The maximum Gasteiger partial charge on any atom is 0.206 e. The van der Waals surface area contributed by atoms with Crippen LogP contribution in [0.4, 0.5) is 0 Å². The lowest BCUT2D eigenvalue weighted by Gasteiger charge is -2.26. The molecule has 0 aliphatic heterocycles. The largest absolute Gasteiger partial charge is 0.457 e. The highest BCUT2D eigenvalue weighted by atomic mass is 32.2. The summed E-state index contributed by atoms with van der Waals surface area (Å²) in [6.07, 6.45) is 6.49. The van der Waals surface area contributed by atoms with Crippen molar-refractivity contribution in [3.63, 3.8) is 0 Å². The smallest absolute Gasteiger partial charge is 0.206 e. The predicted octanol–water partition coefficient (Wildman–Crippen LogP) is 12.6. The second-order valence-electron chi connectivity index (χ2n) is 16.3. The minimum absolute atomic E-state index is 0.166. The maximum atomic E-state index is 12.7. The summed E-state index contributed by atoms with van der Waals surface area (Å²) in [6.45, 7) is 12.6. The van der Waals surface area contributed by atoms with Gasteiger partial charge in [-0.25, -0.2) is 28.4 Å². The second kappa shape index (κ2) is 20.5. The van der Waals surface area contributed by atoms with Crippen LogP contribution in [0.15, 0.2) is 180 Å². The fraction of sp³-hybridized carbons (Fsp3) is 0.200. The van der Waals surface area contributed by atoms with E-state index in [2.05, 4.69) is 89.2 Å². The van der Waals surface area contributed by atoms with E-state index in [0.717, 1.165) is 76.2 Å². The van der Waals surface area contributed by atoms with Crippen LogP contribution in [0.1, 0.15) is 83.9 Å². The molecule has 0 atom stereocenters. The lowest BCUT2D eigenvalue weighted by atomic mass is 9.78. The van der Waals surface area contributed by atoms with Gasteiger partial charge in [-0.15, -0.1) is 0 Å². The number of aromatic nitrogens is 4. The van der Waals surface area contributed by atoms with E-state index in [1.807, 2.05) is 106 Å². The summed E-state index contributed by atoms with van der Waals surface area (Å²) in [6, 6.07) is 51.2. The second-order valence-corrected chi connectivity index (χ2v) is 18.3. The molecule has 0 radical (unpaired) electrons. The molecular formula is C55H54N4O4S. The van der Waals surface area contributed by atoms with Gasteiger partial charge in [0.2, 0.25) is 9.84 Å². The fourth-order valence-corrected chi connectivity index (χ4v) is 8.51. The number of ether oxygens (including phenoxy) is 2. The summed E-state index contributed by atoms with van der Waals surface area (Å²) < 4.78 is 37.6. The molecular weight excluding hydrogens is 813 g/mol. The van der Waals surface area contributed by atoms with Crippen molar-refractivity contribution in [3.8, 4) is 23.0 Å². The average molecular weight is 867 g/mol. The SMILES string of the molecule is CCc1ccc(Oc2ccc(C(C)(C)c3ccc(Oc4ccc(Cc5cc(C)ncn5)cc4)cc3)cc2)cc1.CCc1ccc(S(=O)(=O)c2ccc(Cc3cc(C)ncn3)cc2)cc1. The van der Waals surface area contributed by atoms with Crippen molar-refractivity contribution in [1.82, 2.24) is 19.9 Å². The Labute approximate surface area is 378 Å². The van der Waals surface area contributed by atoms with Gasteiger partial charge in [0.15, 0.2) is 0 Å². The van der Waals surface area contributed by atoms with Crippen LogP contribution < -0.4 is 9.47 Å². The Hall–Kier alpha value is -6.97. The molecule has 0 N–H and O–H groups in total. The van der Waals surface area contributed by atoms with Crippen LogP contribution in [-0.4, -0.2) is 28.4 Å². The van der Waals surface area contributed by atoms with Crippen molar-refractivity contribution in [1.29, 1.82) is 0 Å². The third-order valence-corrected chi connectivity index (χ3v) is 13.0. The number of hydrogen-bond acceptors (Lipinski definition) is 8. The Morgan fingerprint density at radius 3 is 1.09 bits per heavy atom. The quantitative estimate of drug-likeness (QED) is 0.106. The predicted molar refractivity (Wildman–Crippen MR) is 254 cm³/mol. The van der Waals surface area contributed by atoms with Crippen molar-refractivity contribution in [2.75, 3.05) is 0 Å². The zero-order valence-corrected chi connectivity index (χ0v) is 38.1. The summed E-state index contributed by atoms with van der Waals surface area (Å²) in [5.41, 5.74) is 10.7. The molecule has 0 saturated carbocycles. The molecule has 0 unspecified atom stereocenters. The van der Waals surface area contributed by atoms with Crippen molar-refractivity contribution in [2.45, 2.75) is 82.4 Å². The minimum atomic E-state index is -3.49. The highest BCUT2D eigenvalue weighted by Gasteiger charge is 2.23. The number of rotatable bonds is 14. The first-order valence-electron chi connectivity index (χ1n) is 21.6. The van der Waals surface area contributed by atoms with E-state index in [1.165, 1.54) is 22.3 Å². The lowest BCUT2D eigenvalue weighted by Crippen LogP contribution is -2.18. The van der Waals surface area contributed by atoms with Crippen molar-refractivity contribution < 1.29 is 17.9 Å². The van der Waals surface area contributed by atoms with Crippen LogP contribution in [0.3, 0.4) is 0 Å².